The van der Waals surface area contributed by atoms with Gasteiger partial charge in [0.15, 0.2) is 5.82 Å². The molecule has 0 radical (unpaired) electrons. The van der Waals surface area contributed by atoms with E-state index in [2.05, 4.69) is 21.4 Å². The minimum absolute atomic E-state index is 0.208. The Morgan fingerprint density at radius 1 is 1.33 bits per heavy atom. The van der Waals surface area contributed by atoms with Gasteiger partial charge in [-0.15, -0.1) is 0 Å². The number of hydrogen-bond acceptors (Lipinski definition) is 4. The van der Waals surface area contributed by atoms with Crippen LogP contribution in [0.25, 0.3) is 28.5 Å². The molecule has 1 aliphatic heterocycles. The first-order valence-corrected chi connectivity index (χ1v) is 10.2. The molecule has 7 heteroatoms. The van der Waals surface area contributed by atoms with Gasteiger partial charge in [0, 0.05) is 24.2 Å². The average molecular weight is 408 g/mol. The summed E-state index contributed by atoms with van der Waals surface area (Å²) in [5, 5.41) is 8.67. The lowest BCUT2D eigenvalue weighted by atomic mass is 10.0. The number of fused-ring (bicyclic) bond motifs is 1. The van der Waals surface area contributed by atoms with Crippen molar-refractivity contribution in [1.29, 1.82) is 0 Å². The Morgan fingerprint density at radius 2 is 2.17 bits per heavy atom. The van der Waals surface area contributed by atoms with Gasteiger partial charge in [-0.3, -0.25) is 10.0 Å². The zero-order chi connectivity index (χ0) is 21.1. The summed E-state index contributed by atoms with van der Waals surface area (Å²) in [6.07, 6.45) is 4.97. The third kappa shape index (κ3) is 3.99. The summed E-state index contributed by atoms with van der Waals surface area (Å²) >= 11 is 0. The summed E-state index contributed by atoms with van der Waals surface area (Å²) in [6, 6.07) is 12.9. The van der Waals surface area contributed by atoms with Gasteiger partial charge in [-0.1, -0.05) is 31.2 Å². The molecule has 1 aromatic heterocycles. The van der Waals surface area contributed by atoms with Crippen LogP contribution in [0.3, 0.4) is 0 Å². The predicted octanol–water partition coefficient (Wildman–Crippen LogP) is 4.02. The number of rotatable bonds is 5. The van der Waals surface area contributed by atoms with Gasteiger partial charge in [-0.25, -0.2) is 14.9 Å². The van der Waals surface area contributed by atoms with Crippen LogP contribution in [0.15, 0.2) is 48.5 Å². The normalized spacial score (nSPS) is 17.6. The number of carbonyl (C=O) groups is 1. The summed E-state index contributed by atoms with van der Waals surface area (Å²) in [6.45, 7) is 5.13. The zero-order valence-corrected chi connectivity index (χ0v) is 16.9. The quantitative estimate of drug-likeness (QED) is 0.380. The molecule has 1 aliphatic rings. The highest BCUT2D eigenvalue weighted by atomic mass is 19.1. The molecule has 1 amide bonds. The van der Waals surface area contributed by atoms with E-state index in [1.165, 1.54) is 12.1 Å². The lowest BCUT2D eigenvalue weighted by molar-refractivity contribution is -0.124. The van der Waals surface area contributed by atoms with Gasteiger partial charge in [0.05, 0.1) is 5.52 Å². The number of likely N-dealkylation sites (tertiary alicyclic amines) is 1. The van der Waals surface area contributed by atoms with Crippen LogP contribution >= 0.6 is 0 Å². The second kappa shape index (κ2) is 8.77. The smallest absolute Gasteiger partial charge is 0.267 e. The van der Waals surface area contributed by atoms with Crippen molar-refractivity contribution in [2.24, 2.45) is 0 Å². The second-order valence-corrected chi connectivity index (χ2v) is 7.54. The number of para-hydroxylation sites is 1. The first-order chi connectivity index (χ1) is 14.6. The number of imidazole rings is 1. The Bertz CT molecular complexity index is 1090. The van der Waals surface area contributed by atoms with Gasteiger partial charge in [0.25, 0.3) is 5.91 Å². The van der Waals surface area contributed by atoms with E-state index in [1.54, 1.807) is 17.6 Å². The summed E-state index contributed by atoms with van der Waals surface area (Å²) in [5.41, 5.74) is 4.39. The van der Waals surface area contributed by atoms with Crippen molar-refractivity contribution in [3.05, 3.63) is 59.9 Å². The first-order valence-electron chi connectivity index (χ1n) is 10.2. The number of nitrogens with one attached hydrogen (secondary N) is 1. The molecule has 0 bridgehead atoms. The maximum absolute atomic E-state index is 14.6. The number of halogens is 1. The number of hydrogen-bond donors (Lipinski definition) is 2. The molecular weight excluding hydrogens is 383 g/mol. The topological polar surface area (TPSA) is 70.4 Å². The van der Waals surface area contributed by atoms with Gasteiger partial charge >= 0.3 is 0 Å². The lowest BCUT2D eigenvalue weighted by Crippen LogP contribution is -2.36. The van der Waals surface area contributed by atoms with Crippen molar-refractivity contribution in [2.45, 2.75) is 25.8 Å². The van der Waals surface area contributed by atoms with Crippen LogP contribution in [0.5, 0.6) is 0 Å². The molecule has 1 fully saturated rings. The molecular formula is C23H25FN4O2. The number of hydroxylamine groups is 1. The standard InChI is InChI=1S/C23H25FN4O2/c1-2-27-13-5-8-18(15-27)28-20-10-4-9-19(24)22(20)25-23(28)17-7-3-6-16(14-17)11-12-21(29)26-30/h3-4,6-7,9-12,14,18,30H,2,5,8,13,15H2,1H3,(H,26,29)/b12-11+. The zero-order valence-electron chi connectivity index (χ0n) is 16.9. The fourth-order valence-electron chi connectivity index (χ4n) is 4.18. The monoisotopic (exact) mass is 408 g/mol. The fourth-order valence-corrected chi connectivity index (χ4v) is 4.18. The van der Waals surface area contributed by atoms with Crippen LogP contribution in [-0.2, 0) is 4.79 Å². The van der Waals surface area contributed by atoms with E-state index in [4.69, 9.17) is 5.21 Å². The van der Waals surface area contributed by atoms with Crippen molar-refractivity contribution < 1.29 is 14.4 Å². The highest BCUT2D eigenvalue weighted by Crippen LogP contribution is 2.33. The minimum atomic E-state index is -0.600. The van der Waals surface area contributed by atoms with Gasteiger partial charge in [0.2, 0.25) is 0 Å². The minimum Gasteiger partial charge on any atom is -0.319 e. The number of benzene rings is 2. The van der Waals surface area contributed by atoms with Crippen LogP contribution in [-0.4, -0.2) is 45.2 Å². The molecule has 3 aromatic rings. The number of aromatic nitrogens is 2. The molecule has 2 aromatic carbocycles. The van der Waals surface area contributed by atoms with Gasteiger partial charge in [-0.2, -0.15) is 0 Å². The Morgan fingerprint density at radius 3 is 2.97 bits per heavy atom. The van der Waals surface area contributed by atoms with E-state index in [9.17, 15) is 9.18 Å². The molecule has 156 valence electrons. The fraction of sp³-hybridized carbons (Fsp3) is 0.304. The lowest BCUT2D eigenvalue weighted by Gasteiger charge is -2.33. The van der Waals surface area contributed by atoms with Crippen molar-refractivity contribution >= 4 is 23.0 Å². The highest BCUT2D eigenvalue weighted by molar-refractivity contribution is 5.91. The average Bonchev–Trinajstić information content (AvgIpc) is 3.18. The highest BCUT2D eigenvalue weighted by Gasteiger charge is 2.26. The van der Waals surface area contributed by atoms with Crippen LogP contribution in [0, 0.1) is 5.82 Å². The Balaban J connectivity index is 1.82. The van der Waals surface area contributed by atoms with E-state index in [0.29, 0.717) is 5.52 Å². The number of carbonyl (C=O) groups excluding carboxylic acids is 1. The molecule has 4 rings (SSSR count). The molecule has 2 N–H and O–H groups in total. The number of likely N-dealkylation sites (N-methyl/N-ethyl adjacent to an activating group) is 1. The van der Waals surface area contributed by atoms with Gasteiger partial charge < -0.3 is 9.47 Å². The Labute approximate surface area is 174 Å². The van der Waals surface area contributed by atoms with Crippen molar-refractivity contribution in [1.82, 2.24) is 19.9 Å². The summed E-state index contributed by atoms with van der Waals surface area (Å²) < 4.78 is 16.7. The first kappa shape index (κ1) is 20.3. The van der Waals surface area contributed by atoms with E-state index < -0.39 is 5.91 Å². The van der Waals surface area contributed by atoms with Crippen LogP contribution in [0.2, 0.25) is 0 Å². The summed E-state index contributed by atoms with van der Waals surface area (Å²) in [4.78, 5) is 18.4. The van der Waals surface area contributed by atoms with Gasteiger partial charge in [-0.05, 0) is 55.8 Å². The van der Waals surface area contributed by atoms with Crippen molar-refractivity contribution in [3.8, 4) is 11.4 Å². The second-order valence-electron chi connectivity index (χ2n) is 7.54. The molecule has 1 unspecified atom stereocenters. The van der Waals surface area contributed by atoms with Crippen LogP contribution in [0.4, 0.5) is 4.39 Å². The molecule has 0 aliphatic carbocycles. The maximum atomic E-state index is 14.6. The number of amides is 1. The van der Waals surface area contributed by atoms with E-state index in [-0.39, 0.29) is 11.9 Å². The van der Waals surface area contributed by atoms with Crippen molar-refractivity contribution in [2.75, 3.05) is 19.6 Å². The largest absolute Gasteiger partial charge is 0.319 e. The van der Waals surface area contributed by atoms with E-state index in [1.807, 2.05) is 30.3 Å². The van der Waals surface area contributed by atoms with Crippen molar-refractivity contribution in [3.63, 3.8) is 0 Å². The molecule has 1 atom stereocenters. The maximum Gasteiger partial charge on any atom is 0.267 e. The molecule has 6 nitrogen and oxygen atoms in total. The molecule has 0 spiro atoms. The SMILES string of the molecule is CCN1CCCC(n2c(-c3cccc(/C=C/C(=O)NO)c3)nc3c(F)cccc32)C1. The summed E-state index contributed by atoms with van der Waals surface area (Å²) in [5.74, 6) is -0.206. The third-order valence-corrected chi connectivity index (χ3v) is 5.65. The van der Waals surface area contributed by atoms with Crippen LogP contribution in [0.1, 0.15) is 31.4 Å². The predicted molar refractivity (Wildman–Crippen MR) is 114 cm³/mol. The Kier molecular flexibility index (Phi) is 5.92. The number of piperidine rings is 1. The van der Waals surface area contributed by atoms with Crippen LogP contribution < -0.4 is 5.48 Å². The van der Waals surface area contributed by atoms with E-state index >= 15 is 0 Å². The summed E-state index contributed by atoms with van der Waals surface area (Å²) in [7, 11) is 0. The van der Waals surface area contributed by atoms with E-state index in [0.717, 1.165) is 54.9 Å². The Hall–Kier alpha value is -3.03. The molecule has 2 heterocycles. The van der Waals surface area contributed by atoms with Gasteiger partial charge in [0.1, 0.15) is 11.3 Å². The number of nitrogens with zero attached hydrogens (tertiary/aromatic N) is 3. The molecule has 30 heavy (non-hydrogen) atoms. The molecule has 0 saturated carbocycles. The molecule has 1 saturated heterocycles. The third-order valence-electron chi connectivity index (χ3n) is 5.65.